The highest BCUT2D eigenvalue weighted by Crippen LogP contribution is 2.20. The van der Waals surface area contributed by atoms with Gasteiger partial charge in [0.2, 0.25) is 10.0 Å². The molecule has 8 nitrogen and oxygen atoms in total. The number of amides is 1. The van der Waals surface area contributed by atoms with Gasteiger partial charge in [0.1, 0.15) is 0 Å². The van der Waals surface area contributed by atoms with Crippen molar-refractivity contribution in [3.8, 4) is 0 Å². The molecule has 0 aliphatic heterocycles. The predicted octanol–water partition coefficient (Wildman–Crippen LogP) is 3.69. The van der Waals surface area contributed by atoms with Crippen LogP contribution >= 0.6 is 11.6 Å². The van der Waals surface area contributed by atoms with Gasteiger partial charge in [-0.15, -0.1) is 0 Å². The maximum Gasteiger partial charge on any atom is 0.336 e. The first kappa shape index (κ1) is 25.1. The van der Waals surface area contributed by atoms with E-state index in [9.17, 15) is 23.1 Å². The molecule has 3 rings (SSSR count). The number of carbonyl (C=O) groups is 2. The molecule has 1 amide bonds. The van der Waals surface area contributed by atoms with E-state index < -0.39 is 28.4 Å². The zero-order valence-corrected chi connectivity index (χ0v) is 19.8. The lowest BCUT2D eigenvalue weighted by atomic mass is 10.1. The third-order valence-electron chi connectivity index (χ3n) is 4.81. The number of hydrogen-bond donors (Lipinski definition) is 2. The van der Waals surface area contributed by atoms with E-state index in [1.807, 2.05) is 6.92 Å². The normalized spacial score (nSPS) is 11.6. The Morgan fingerprint density at radius 3 is 2.44 bits per heavy atom. The SMILES string of the molecule is Cc1ccc(S(=O)(=O)N(CC(=O)N/N=C\c2ccccc2C(=O)O)Cc2cccc(Cl)c2)cc1. The van der Waals surface area contributed by atoms with Gasteiger partial charge in [0.25, 0.3) is 5.91 Å². The molecule has 0 aliphatic rings. The van der Waals surface area contributed by atoms with Crippen LogP contribution in [-0.4, -0.2) is 42.5 Å². The predicted molar refractivity (Wildman–Crippen MR) is 129 cm³/mol. The minimum absolute atomic E-state index is 0.0185. The zero-order chi connectivity index (χ0) is 24.7. The van der Waals surface area contributed by atoms with Crippen LogP contribution < -0.4 is 5.43 Å². The molecule has 0 heterocycles. The molecular formula is C24H22ClN3O5S. The van der Waals surface area contributed by atoms with Crippen LogP contribution in [0.4, 0.5) is 0 Å². The second kappa shape index (κ2) is 11.1. The number of hydrazone groups is 1. The fourth-order valence-corrected chi connectivity index (χ4v) is 4.70. The molecule has 0 saturated carbocycles. The number of carboxylic acid groups (broad SMARTS) is 1. The van der Waals surface area contributed by atoms with Crippen molar-refractivity contribution in [3.05, 3.63) is 100 Å². The molecule has 0 atom stereocenters. The second-order valence-electron chi connectivity index (χ2n) is 7.40. The van der Waals surface area contributed by atoms with Crippen molar-refractivity contribution in [2.75, 3.05) is 6.54 Å². The Kier molecular flexibility index (Phi) is 8.17. The Bertz CT molecular complexity index is 1320. The Hall–Kier alpha value is -3.53. The highest BCUT2D eigenvalue weighted by molar-refractivity contribution is 7.89. The summed E-state index contributed by atoms with van der Waals surface area (Å²) in [6.07, 6.45) is 1.19. The van der Waals surface area contributed by atoms with Crippen molar-refractivity contribution in [2.45, 2.75) is 18.4 Å². The molecule has 0 radical (unpaired) electrons. The molecule has 2 N–H and O–H groups in total. The highest BCUT2D eigenvalue weighted by atomic mass is 35.5. The van der Waals surface area contributed by atoms with Gasteiger partial charge in [0.05, 0.1) is 23.2 Å². The largest absolute Gasteiger partial charge is 0.478 e. The molecule has 0 spiro atoms. The third kappa shape index (κ3) is 6.50. The van der Waals surface area contributed by atoms with E-state index in [0.29, 0.717) is 16.1 Å². The van der Waals surface area contributed by atoms with E-state index in [0.717, 1.165) is 9.87 Å². The molecular weight excluding hydrogens is 478 g/mol. The van der Waals surface area contributed by atoms with Crippen molar-refractivity contribution in [2.24, 2.45) is 5.10 Å². The fourth-order valence-electron chi connectivity index (χ4n) is 3.10. The Morgan fingerprint density at radius 1 is 1.06 bits per heavy atom. The van der Waals surface area contributed by atoms with Gasteiger partial charge < -0.3 is 5.11 Å². The van der Waals surface area contributed by atoms with E-state index in [4.69, 9.17) is 11.6 Å². The Morgan fingerprint density at radius 2 is 1.76 bits per heavy atom. The quantitative estimate of drug-likeness (QED) is 0.344. The summed E-state index contributed by atoms with van der Waals surface area (Å²) < 4.78 is 27.6. The van der Waals surface area contributed by atoms with E-state index in [2.05, 4.69) is 10.5 Å². The Labute approximate surface area is 202 Å². The summed E-state index contributed by atoms with van der Waals surface area (Å²) >= 11 is 6.04. The number of halogens is 1. The monoisotopic (exact) mass is 499 g/mol. The van der Waals surface area contributed by atoms with Crippen LogP contribution in [0.2, 0.25) is 5.02 Å². The van der Waals surface area contributed by atoms with E-state index in [1.165, 1.54) is 30.5 Å². The first-order chi connectivity index (χ1) is 16.2. The molecule has 176 valence electrons. The molecule has 34 heavy (non-hydrogen) atoms. The number of aryl methyl sites for hydroxylation is 1. The number of sulfonamides is 1. The fraction of sp³-hybridized carbons (Fsp3) is 0.125. The summed E-state index contributed by atoms with van der Waals surface area (Å²) in [5.74, 6) is -1.83. The minimum Gasteiger partial charge on any atom is -0.478 e. The maximum absolute atomic E-state index is 13.3. The number of aromatic carboxylic acids is 1. The average molecular weight is 500 g/mol. The standard InChI is InChI=1S/C24H22ClN3O5S/c1-17-9-11-21(12-10-17)34(32,33)28(15-18-5-4-7-20(25)13-18)16-23(29)27-26-14-19-6-2-3-8-22(19)24(30)31/h2-14H,15-16H2,1H3,(H,27,29)(H,30,31)/b26-14-. The number of nitrogens with one attached hydrogen (secondary N) is 1. The van der Waals surface area contributed by atoms with Crippen LogP contribution in [0.5, 0.6) is 0 Å². The summed E-state index contributed by atoms with van der Waals surface area (Å²) in [6, 6.07) is 19.2. The summed E-state index contributed by atoms with van der Waals surface area (Å²) in [5, 5.41) is 13.5. The van der Waals surface area contributed by atoms with E-state index in [-0.39, 0.29) is 17.0 Å². The summed E-state index contributed by atoms with van der Waals surface area (Å²) in [5.41, 5.74) is 4.08. The van der Waals surface area contributed by atoms with Gasteiger partial charge in [-0.1, -0.05) is 59.6 Å². The Balaban J connectivity index is 1.81. The van der Waals surface area contributed by atoms with Crippen molar-refractivity contribution in [1.29, 1.82) is 0 Å². The molecule has 0 aromatic heterocycles. The number of rotatable bonds is 9. The van der Waals surface area contributed by atoms with E-state index in [1.54, 1.807) is 48.5 Å². The number of benzene rings is 3. The smallest absolute Gasteiger partial charge is 0.336 e. The number of carboxylic acids is 1. The zero-order valence-electron chi connectivity index (χ0n) is 18.2. The summed E-state index contributed by atoms with van der Waals surface area (Å²) in [7, 11) is -4.02. The molecule has 0 saturated heterocycles. The molecule has 0 aliphatic carbocycles. The molecule has 3 aromatic rings. The topological polar surface area (TPSA) is 116 Å². The van der Waals surface area contributed by atoms with Gasteiger partial charge in [-0.2, -0.15) is 9.41 Å². The summed E-state index contributed by atoms with van der Waals surface area (Å²) in [6.45, 7) is 1.24. The molecule has 3 aromatic carbocycles. The van der Waals surface area contributed by atoms with Crippen LogP contribution in [0.25, 0.3) is 0 Å². The van der Waals surface area contributed by atoms with Crippen molar-refractivity contribution >= 4 is 39.7 Å². The molecule has 0 bridgehead atoms. The minimum atomic E-state index is -4.02. The van der Waals surface area contributed by atoms with Crippen molar-refractivity contribution in [3.63, 3.8) is 0 Å². The van der Waals surface area contributed by atoms with Crippen LogP contribution in [0.3, 0.4) is 0 Å². The second-order valence-corrected chi connectivity index (χ2v) is 9.78. The van der Waals surface area contributed by atoms with Gasteiger partial charge in [-0.3, -0.25) is 4.79 Å². The average Bonchev–Trinajstić information content (AvgIpc) is 2.79. The van der Waals surface area contributed by atoms with Gasteiger partial charge >= 0.3 is 5.97 Å². The number of nitrogens with zero attached hydrogens (tertiary/aromatic N) is 2. The van der Waals surface area contributed by atoms with Crippen LogP contribution in [0, 0.1) is 6.92 Å². The van der Waals surface area contributed by atoms with Crippen molar-refractivity contribution < 1.29 is 23.1 Å². The summed E-state index contributed by atoms with van der Waals surface area (Å²) in [4.78, 5) is 23.9. The van der Waals surface area contributed by atoms with Gasteiger partial charge in [0.15, 0.2) is 0 Å². The van der Waals surface area contributed by atoms with Crippen LogP contribution in [0.15, 0.2) is 82.8 Å². The lowest BCUT2D eigenvalue weighted by Gasteiger charge is -2.21. The lowest BCUT2D eigenvalue weighted by Crippen LogP contribution is -2.39. The van der Waals surface area contributed by atoms with Crippen molar-refractivity contribution in [1.82, 2.24) is 9.73 Å². The van der Waals surface area contributed by atoms with Crippen LogP contribution in [0.1, 0.15) is 27.0 Å². The third-order valence-corrected chi connectivity index (χ3v) is 6.85. The number of carbonyl (C=O) groups excluding carboxylic acids is 1. The lowest BCUT2D eigenvalue weighted by molar-refractivity contribution is -0.121. The van der Waals surface area contributed by atoms with Gasteiger partial charge in [0, 0.05) is 17.1 Å². The maximum atomic E-state index is 13.3. The first-order valence-corrected chi connectivity index (χ1v) is 11.9. The highest BCUT2D eigenvalue weighted by Gasteiger charge is 2.27. The van der Waals surface area contributed by atoms with E-state index >= 15 is 0 Å². The molecule has 10 heteroatoms. The first-order valence-electron chi connectivity index (χ1n) is 10.1. The molecule has 0 unspecified atom stereocenters. The number of hydrogen-bond acceptors (Lipinski definition) is 5. The van der Waals surface area contributed by atoms with Crippen LogP contribution in [-0.2, 0) is 21.4 Å². The molecule has 0 fully saturated rings. The van der Waals surface area contributed by atoms with Gasteiger partial charge in [-0.05, 0) is 42.8 Å². The van der Waals surface area contributed by atoms with Gasteiger partial charge in [-0.25, -0.2) is 18.6 Å².